The second kappa shape index (κ2) is 8.99. The minimum Gasteiger partial charge on any atom is -0.342 e. The molecule has 0 bridgehead atoms. The first-order valence-corrected chi connectivity index (χ1v) is 11.5. The van der Waals surface area contributed by atoms with Crippen LogP contribution < -0.4 is 0 Å². The third kappa shape index (κ3) is 4.05. The van der Waals surface area contributed by atoms with Gasteiger partial charge in [-0.15, -0.1) is 0 Å². The van der Waals surface area contributed by atoms with Gasteiger partial charge in [-0.25, -0.2) is 4.98 Å². The fourth-order valence-corrected chi connectivity index (χ4v) is 4.91. The molecule has 32 heavy (non-hydrogen) atoms. The highest BCUT2D eigenvalue weighted by molar-refractivity contribution is 5.83. The van der Waals surface area contributed by atoms with Gasteiger partial charge in [-0.05, 0) is 43.0 Å². The molecule has 1 aliphatic heterocycles. The molecule has 1 aliphatic rings. The second-order valence-electron chi connectivity index (χ2n) is 8.74. The first-order valence-electron chi connectivity index (χ1n) is 11.5. The lowest BCUT2D eigenvalue weighted by Gasteiger charge is -2.35. The van der Waals surface area contributed by atoms with Gasteiger partial charge >= 0.3 is 0 Å². The average Bonchev–Trinajstić information content (AvgIpc) is 3.22. The minimum absolute atomic E-state index is 0.101. The fraction of sp³-hybridized carbons (Fsp3) is 0.286. The highest BCUT2D eigenvalue weighted by Crippen LogP contribution is 2.31. The molecule has 5 rings (SSSR count). The summed E-state index contributed by atoms with van der Waals surface area (Å²) in [7, 11) is 0. The molecular formula is C28H29N3O. The van der Waals surface area contributed by atoms with Crippen molar-refractivity contribution < 1.29 is 4.79 Å². The van der Waals surface area contributed by atoms with E-state index in [1.807, 2.05) is 42.2 Å². The Hall–Kier alpha value is -3.40. The number of likely N-dealkylation sites (tertiary alicyclic amines) is 1. The first kappa shape index (κ1) is 20.5. The number of nitrogens with zero attached hydrogens (tertiary/aromatic N) is 3. The van der Waals surface area contributed by atoms with Crippen molar-refractivity contribution in [3.05, 3.63) is 102 Å². The maximum Gasteiger partial charge on any atom is 0.229 e. The summed E-state index contributed by atoms with van der Waals surface area (Å²) in [4.78, 5) is 20.2. The van der Waals surface area contributed by atoms with Gasteiger partial charge in [0.25, 0.3) is 0 Å². The van der Waals surface area contributed by atoms with Crippen LogP contribution in [0.25, 0.3) is 11.0 Å². The Morgan fingerprint density at radius 1 is 0.906 bits per heavy atom. The quantitative estimate of drug-likeness (QED) is 0.419. The smallest absolute Gasteiger partial charge is 0.229 e. The van der Waals surface area contributed by atoms with E-state index >= 15 is 0 Å². The van der Waals surface area contributed by atoms with E-state index in [0.717, 1.165) is 49.3 Å². The molecule has 0 radical (unpaired) electrons. The molecule has 3 aromatic carbocycles. The van der Waals surface area contributed by atoms with Crippen molar-refractivity contribution in [1.82, 2.24) is 14.5 Å². The van der Waals surface area contributed by atoms with E-state index in [4.69, 9.17) is 4.98 Å². The topological polar surface area (TPSA) is 38.1 Å². The van der Waals surface area contributed by atoms with Crippen LogP contribution in [0.5, 0.6) is 0 Å². The van der Waals surface area contributed by atoms with Gasteiger partial charge in [0.05, 0.1) is 17.0 Å². The normalized spacial score (nSPS) is 15.7. The molecular weight excluding hydrogens is 394 g/mol. The lowest BCUT2D eigenvalue weighted by molar-refractivity contribution is -0.133. The summed E-state index contributed by atoms with van der Waals surface area (Å²) in [5.41, 5.74) is 4.61. The Labute approximate surface area is 189 Å². The fourth-order valence-electron chi connectivity index (χ4n) is 4.91. The Kier molecular flexibility index (Phi) is 5.76. The van der Waals surface area contributed by atoms with Crippen molar-refractivity contribution in [3.63, 3.8) is 0 Å². The van der Waals surface area contributed by atoms with Crippen LogP contribution in [0.3, 0.4) is 0 Å². The molecule has 1 amide bonds. The summed E-state index contributed by atoms with van der Waals surface area (Å²) in [6.07, 6.45) is 2.73. The zero-order chi connectivity index (χ0) is 21.9. The minimum atomic E-state index is -0.101. The van der Waals surface area contributed by atoms with Crippen molar-refractivity contribution in [2.75, 3.05) is 13.1 Å². The molecule has 4 heteroatoms. The van der Waals surface area contributed by atoms with Crippen LogP contribution >= 0.6 is 0 Å². The Morgan fingerprint density at radius 3 is 2.25 bits per heavy atom. The number of hydrogen-bond acceptors (Lipinski definition) is 2. The molecule has 4 nitrogen and oxygen atoms in total. The monoisotopic (exact) mass is 423 g/mol. The lowest BCUT2D eigenvalue weighted by atomic mass is 9.97. The molecule has 162 valence electrons. The Balaban J connectivity index is 1.36. The zero-order valence-electron chi connectivity index (χ0n) is 18.5. The highest BCUT2D eigenvalue weighted by Gasteiger charge is 2.29. The van der Waals surface area contributed by atoms with E-state index in [1.54, 1.807) is 0 Å². The van der Waals surface area contributed by atoms with Crippen LogP contribution in [0.15, 0.2) is 84.9 Å². The maximum atomic E-state index is 13.1. The van der Waals surface area contributed by atoms with E-state index in [-0.39, 0.29) is 11.8 Å². The van der Waals surface area contributed by atoms with Gasteiger partial charge in [0.15, 0.2) is 0 Å². The van der Waals surface area contributed by atoms with Crippen molar-refractivity contribution in [1.29, 1.82) is 0 Å². The second-order valence-corrected chi connectivity index (χ2v) is 8.74. The van der Waals surface area contributed by atoms with Crippen molar-refractivity contribution >= 4 is 16.9 Å². The number of para-hydroxylation sites is 2. The van der Waals surface area contributed by atoms with E-state index < -0.39 is 0 Å². The molecule has 0 spiro atoms. The first-order chi connectivity index (χ1) is 15.7. The number of fused-ring (bicyclic) bond motifs is 1. The molecule has 0 saturated carbocycles. The van der Waals surface area contributed by atoms with Crippen LogP contribution in [-0.4, -0.2) is 33.4 Å². The summed E-state index contributed by atoms with van der Waals surface area (Å²) in [5.74, 6) is 1.24. The number of amides is 1. The molecule has 2 heterocycles. The van der Waals surface area contributed by atoms with Crippen molar-refractivity contribution in [2.45, 2.75) is 38.1 Å². The number of piperidine rings is 1. The van der Waals surface area contributed by atoms with Crippen molar-refractivity contribution in [2.24, 2.45) is 0 Å². The highest BCUT2D eigenvalue weighted by atomic mass is 16.2. The van der Waals surface area contributed by atoms with Gasteiger partial charge < -0.3 is 9.47 Å². The van der Waals surface area contributed by atoms with E-state index in [1.165, 1.54) is 11.1 Å². The number of aromatic nitrogens is 2. The Bertz CT molecular complexity index is 1190. The van der Waals surface area contributed by atoms with Crippen LogP contribution in [0.2, 0.25) is 0 Å². The van der Waals surface area contributed by atoms with E-state index in [0.29, 0.717) is 6.04 Å². The van der Waals surface area contributed by atoms with E-state index in [9.17, 15) is 4.79 Å². The van der Waals surface area contributed by atoms with E-state index in [2.05, 4.69) is 59.2 Å². The molecule has 0 N–H and O–H groups in total. The molecule has 1 fully saturated rings. The molecule has 4 aromatic rings. The predicted octanol–water partition coefficient (Wildman–Crippen LogP) is 5.59. The van der Waals surface area contributed by atoms with Gasteiger partial charge in [0.2, 0.25) is 5.91 Å². The van der Waals surface area contributed by atoms with Crippen LogP contribution in [0.4, 0.5) is 0 Å². The average molecular weight is 424 g/mol. The molecule has 0 unspecified atom stereocenters. The summed E-state index contributed by atoms with van der Waals surface area (Å²) >= 11 is 0. The maximum absolute atomic E-state index is 13.1. The molecule has 1 aromatic heterocycles. The third-order valence-corrected chi connectivity index (χ3v) is 6.69. The van der Waals surface area contributed by atoms with Crippen molar-refractivity contribution in [3.8, 4) is 0 Å². The number of carbonyl (C=O) groups is 1. The predicted molar refractivity (Wildman–Crippen MR) is 129 cm³/mol. The Morgan fingerprint density at radius 2 is 1.53 bits per heavy atom. The molecule has 1 saturated heterocycles. The van der Waals surface area contributed by atoms with Gasteiger partial charge in [-0.2, -0.15) is 0 Å². The van der Waals surface area contributed by atoms with Gasteiger partial charge in [0.1, 0.15) is 5.82 Å². The van der Waals surface area contributed by atoms with Crippen LogP contribution in [-0.2, 0) is 11.2 Å². The largest absolute Gasteiger partial charge is 0.342 e. The number of carbonyl (C=O) groups excluding carboxylic acids is 1. The lowest BCUT2D eigenvalue weighted by Crippen LogP contribution is -2.41. The van der Waals surface area contributed by atoms with Crippen LogP contribution in [0.1, 0.15) is 48.7 Å². The number of imidazole rings is 1. The van der Waals surface area contributed by atoms with Gasteiger partial charge in [-0.3, -0.25) is 4.79 Å². The summed E-state index contributed by atoms with van der Waals surface area (Å²) in [5, 5.41) is 0. The molecule has 1 atom stereocenters. The number of rotatable bonds is 5. The van der Waals surface area contributed by atoms with Crippen LogP contribution in [0, 0.1) is 0 Å². The summed E-state index contributed by atoms with van der Waals surface area (Å²) in [6.45, 7) is 3.60. The SMILES string of the molecule is C[C@H](C(=O)N1CCC(n2c(Cc3ccccc3)nc3ccccc32)CC1)c1ccccc1. The van der Waals surface area contributed by atoms with Gasteiger partial charge in [-0.1, -0.05) is 72.8 Å². The number of benzene rings is 3. The third-order valence-electron chi connectivity index (χ3n) is 6.69. The number of hydrogen-bond donors (Lipinski definition) is 0. The summed E-state index contributed by atoms with van der Waals surface area (Å²) in [6, 6.07) is 29.4. The van der Waals surface area contributed by atoms with Gasteiger partial charge in [0, 0.05) is 25.6 Å². The zero-order valence-corrected chi connectivity index (χ0v) is 18.5. The summed E-state index contributed by atoms with van der Waals surface area (Å²) < 4.78 is 2.44. The molecule has 0 aliphatic carbocycles. The standard InChI is InChI=1S/C28H29N3O/c1-21(23-12-6-3-7-13-23)28(32)30-18-16-24(17-19-30)31-26-15-9-8-14-25(26)29-27(31)20-22-10-4-2-5-11-22/h2-15,21,24H,16-20H2,1H3/t21-/m0/s1.